The van der Waals surface area contributed by atoms with Crippen molar-refractivity contribution < 1.29 is 4.79 Å². The smallest absolute Gasteiger partial charge is 0.254 e. The summed E-state index contributed by atoms with van der Waals surface area (Å²) < 4.78 is 0. The first-order valence-corrected chi connectivity index (χ1v) is 7.24. The molecule has 0 unspecified atom stereocenters. The second-order valence-electron chi connectivity index (χ2n) is 5.61. The zero-order valence-corrected chi connectivity index (χ0v) is 12.4. The molecule has 2 rings (SSSR count). The molecule has 1 aliphatic heterocycles. The molecule has 5 nitrogen and oxygen atoms in total. The molecule has 1 saturated heterocycles. The number of nitrogens with zero attached hydrogens (tertiary/aromatic N) is 3. The van der Waals surface area contributed by atoms with Gasteiger partial charge < -0.3 is 15.5 Å². The Morgan fingerprint density at radius 2 is 2.10 bits per heavy atom. The van der Waals surface area contributed by atoms with E-state index in [0.29, 0.717) is 5.56 Å². The van der Waals surface area contributed by atoms with Crippen molar-refractivity contribution in [3.05, 3.63) is 23.9 Å². The third kappa shape index (κ3) is 3.48. The van der Waals surface area contributed by atoms with E-state index in [9.17, 15) is 4.79 Å². The summed E-state index contributed by atoms with van der Waals surface area (Å²) in [6.45, 7) is 2.83. The van der Waals surface area contributed by atoms with E-state index < -0.39 is 0 Å². The second kappa shape index (κ2) is 6.70. The van der Waals surface area contributed by atoms with Crippen molar-refractivity contribution in [2.75, 3.05) is 38.6 Å². The van der Waals surface area contributed by atoms with E-state index in [1.54, 1.807) is 25.2 Å². The van der Waals surface area contributed by atoms with Crippen molar-refractivity contribution in [2.24, 2.45) is 11.7 Å². The van der Waals surface area contributed by atoms with Crippen LogP contribution >= 0.6 is 0 Å². The van der Waals surface area contributed by atoms with Crippen LogP contribution in [0, 0.1) is 5.92 Å². The zero-order valence-electron chi connectivity index (χ0n) is 12.4. The fourth-order valence-corrected chi connectivity index (χ4v) is 2.64. The van der Waals surface area contributed by atoms with Crippen LogP contribution in [-0.4, -0.2) is 49.5 Å². The van der Waals surface area contributed by atoms with Crippen LogP contribution in [-0.2, 0) is 0 Å². The van der Waals surface area contributed by atoms with Crippen molar-refractivity contribution >= 4 is 11.7 Å². The Labute approximate surface area is 120 Å². The Bertz CT molecular complexity index is 436. The van der Waals surface area contributed by atoms with Crippen LogP contribution in [0.1, 0.15) is 29.6 Å². The maximum atomic E-state index is 11.8. The molecule has 0 saturated carbocycles. The maximum absolute atomic E-state index is 11.8. The van der Waals surface area contributed by atoms with Gasteiger partial charge in [-0.25, -0.2) is 4.98 Å². The Morgan fingerprint density at radius 1 is 1.40 bits per heavy atom. The van der Waals surface area contributed by atoms with Gasteiger partial charge in [-0.15, -0.1) is 0 Å². The topological polar surface area (TPSA) is 62.5 Å². The first-order valence-electron chi connectivity index (χ1n) is 7.24. The molecular weight excluding hydrogens is 252 g/mol. The highest BCUT2D eigenvalue weighted by molar-refractivity contribution is 5.93. The van der Waals surface area contributed by atoms with Crippen LogP contribution in [0.3, 0.4) is 0 Å². The van der Waals surface area contributed by atoms with Gasteiger partial charge in [-0.2, -0.15) is 0 Å². The van der Waals surface area contributed by atoms with Gasteiger partial charge >= 0.3 is 0 Å². The summed E-state index contributed by atoms with van der Waals surface area (Å²) in [6.07, 6.45) is 5.15. The highest BCUT2D eigenvalue weighted by Gasteiger charge is 2.19. The Hall–Kier alpha value is -1.62. The molecule has 2 N–H and O–H groups in total. The molecule has 1 aliphatic rings. The molecule has 0 aromatic carbocycles. The summed E-state index contributed by atoms with van der Waals surface area (Å²) in [5.74, 6) is 1.71. The number of hydrogen-bond acceptors (Lipinski definition) is 4. The van der Waals surface area contributed by atoms with Crippen LogP contribution in [0.25, 0.3) is 0 Å². The highest BCUT2D eigenvalue weighted by Crippen LogP contribution is 2.23. The molecule has 0 radical (unpaired) electrons. The Morgan fingerprint density at radius 3 is 2.60 bits per heavy atom. The number of rotatable bonds is 4. The monoisotopic (exact) mass is 276 g/mol. The third-order valence-corrected chi connectivity index (χ3v) is 3.91. The van der Waals surface area contributed by atoms with E-state index in [-0.39, 0.29) is 5.91 Å². The summed E-state index contributed by atoms with van der Waals surface area (Å²) >= 11 is 0. The van der Waals surface area contributed by atoms with Crippen LogP contribution < -0.4 is 10.6 Å². The molecule has 1 aromatic heterocycles. The SMILES string of the molecule is CN(C)C(=O)c1ccc(N2CCC(CCN)CC2)nc1. The van der Waals surface area contributed by atoms with E-state index in [1.165, 1.54) is 12.8 Å². The molecule has 0 bridgehead atoms. The van der Waals surface area contributed by atoms with E-state index >= 15 is 0 Å². The number of carbonyl (C=O) groups excluding carboxylic acids is 1. The van der Waals surface area contributed by atoms with Crippen LogP contribution in [0.4, 0.5) is 5.82 Å². The number of hydrogen-bond donors (Lipinski definition) is 1. The molecule has 0 spiro atoms. The minimum absolute atomic E-state index is 0.00861. The average Bonchev–Trinajstić information content (AvgIpc) is 2.48. The third-order valence-electron chi connectivity index (χ3n) is 3.91. The quantitative estimate of drug-likeness (QED) is 0.901. The molecule has 2 heterocycles. The second-order valence-corrected chi connectivity index (χ2v) is 5.61. The number of nitrogens with two attached hydrogens (primary N) is 1. The lowest BCUT2D eigenvalue weighted by molar-refractivity contribution is 0.0827. The molecular formula is C15H24N4O. The van der Waals surface area contributed by atoms with Crippen molar-refractivity contribution in [3.63, 3.8) is 0 Å². The number of pyridine rings is 1. The highest BCUT2D eigenvalue weighted by atomic mass is 16.2. The van der Waals surface area contributed by atoms with Crippen LogP contribution in [0.2, 0.25) is 0 Å². The molecule has 1 aromatic rings. The van der Waals surface area contributed by atoms with Gasteiger partial charge in [0.2, 0.25) is 0 Å². The lowest BCUT2D eigenvalue weighted by Crippen LogP contribution is -2.34. The van der Waals surface area contributed by atoms with E-state index in [0.717, 1.165) is 37.8 Å². The number of aromatic nitrogens is 1. The standard InChI is InChI=1S/C15H24N4O/c1-18(2)15(20)13-3-4-14(17-11-13)19-9-6-12(5-8-16)7-10-19/h3-4,11-12H,5-10,16H2,1-2H3. The van der Waals surface area contributed by atoms with E-state index in [2.05, 4.69) is 9.88 Å². The van der Waals surface area contributed by atoms with Gasteiger partial charge in [0.1, 0.15) is 5.82 Å². The molecule has 0 atom stereocenters. The number of piperidine rings is 1. The van der Waals surface area contributed by atoms with Gasteiger partial charge in [-0.3, -0.25) is 4.79 Å². The fraction of sp³-hybridized carbons (Fsp3) is 0.600. The van der Waals surface area contributed by atoms with Gasteiger partial charge in [0, 0.05) is 33.4 Å². The average molecular weight is 276 g/mol. The predicted octanol–water partition coefficient (Wildman–Crippen LogP) is 1.35. The van der Waals surface area contributed by atoms with Gasteiger partial charge in [0.05, 0.1) is 5.56 Å². The van der Waals surface area contributed by atoms with Gasteiger partial charge in [0.15, 0.2) is 0 Å². The van der Waals surface area contributed by atoms with Crippen molar-refractivity contribution in [3.8, 4) is 0 Å². The molecule has 5 heteroatoms. The summed E-state index contributed by atoms with van der Waals surface area (Å²) in [6, 6.07) is 3.80. The lowest BCUT2D eigenvalue weighted by Gasteiger charge is -2.32. The largest absolute Gasteiger partial charge is 0.357 e. The number of carbonyl (C=O) groups is 1. The maximum Gasteiger partial charge on any atom is 0.254 e. The molecule has 0 aliphatic carbocycles. The van der Waals surface area contributed by atoms with Crippen LogP contribution in [0.15, 0.2) is 18.3 Å². The van der Waals surface area contributed by atoms with Crippen LogP contribution in [0.5, 0.6) is 0 Å². The minimum Gasteiger partial charge on any atom is -0.357 e. The van der Waals surface area contributed by atoms with E-state index in [4.69, 9.17) is 5.73 Å². The van der Waals surface area contributed by atoms with Gasteiger partial charge in [-0.1, -0.05) is 0 Å². The van der Waals surface area contributed by atoms with Crippen molar-refractivity contribution in [2.45, 2.75) is 19.3 Å². The number of amides is 1. The van der Waals surface area contributed by atoms with Crippen molar-refractivity contribution in [1.29, 1.82) is 0 Å². The predicted molar refractivity (Wildman–Crippen MR) is 80.9 cm³/mol. The van der Waals surface area contributed by atoms with Gasteiger partial charge in [0.25, 0.3) is 5.91 Å². The fourth-order valence-electron chi connectivity index (χ4n) is 2.64. The first-order chi connectivity index (χ1) is 9.61. The molecule has 1 fully saturated rings. The minimum atomic E-state index is -0.00861. The summed E-state index contributed by atoms with van der Waals surface area (Å²) in [5, 5.41) is 0. The van der Waals surface area contributed by atoms with Crippen molar-refractivity contribution in [1.82, 2.24) is 9.88 Å². The normalized spacial score (nSPS) is 16.2. The number of anilines is 1. The lowest BCUT2D eigenvalue weighted by atomic mass is 9.93. The zero-order chi connectivity index (χ0) is 14.5. The molecule has 1 amide bonds. The summed E-state index contributed by atoms with van der Waals surface area (Å²) in [4.78, 5) is 20.1. The Balaban J connectivity index is 1.96. The molecule has 110 valence electrons. The summed E-state index contributed by atoms with van der Waals surface area (Å²) in [5.41, 5.74) is 6.25. The summed E-state index contributed by atoms with van der Waals surface area (Å²) in [7, 11) is 3.50. The van der Waals surface area contributed by atoms with E-state index in [1.807, 2.05) is 12.1 Å². The first kappa shape index (κ1) is 14.8. The Kier molecular flexibility index (Phi) is 4.95. The molecule has 20 heavy (non-hydrogen) atoms. The van der Waals surface area contributed by atoms with Gasteiger partial charge in [-0.05, 0) is 43.9 Å².